The van der Waals surface area contributed by atoms with E-state index in [9.17, 15) is 15.3 Å². The van der Waals surface area contributed by atoms with Gasteiger partial charge in [-0.2, -0.15) is 10.5 Å². The Labute approximate surface area is 204 Å². The quantitative estimate of drug-likeness (QED) is 0.491. The molecule has 3 aromatic rings. The first-order valence-electron chi connectivity index (χ1n) is 11.3. The summed E-state index contributed by atoms with van der Waals surface area (Å²) in [6, 6.07) is 25.5. The number of Topliss-reactive ketones (excluding diaryl/α,β-unsaturated/α-hetero) is 1. The van der Waals surface area contributed by atoms with Crippen LogP contribution in [0.15, 0.2) is 79.0 Å². The van der Waals surface area contributed by atoms with Gasteiger partial charge in [0.25, 0.3) is 0 Å². The van der Waals surface area contributed by atoms with Gasteiger partial charge in [-0.15, -0.1) is 0 Å². The van der Waals surface area contributed by atoms with E-state index in [4.69, 9.17) is 9.47 Å². The summed E-state index contributed by atoms with van der Waals surface area (Å²) >= 11 is 0. The van der Waals surface area contributed by atoms with Crippen LogP contribution < -0.4 is 9.47 Å². The van der Waals surface area contributed by atoms with Crippen molar-refractivity contribution in [3.05, 3.63) is 101 Å². The molecule has 0 spiro atoms. The number of hydrogen-bond donors (Lipinski definition) is 0. The minimum atomic E-state index is -1.49. The number of rotatable bonds is 5. The zero-order valence-corrected chi connectivity index (χ0v) is 19.4. The molecule has 5 rings (SSSR count). The number of ether oxygens (including phenoxy) is 2. The van der Waals surface area contributed by atoms with E-state index in [-0.39, 0.29) is 5.78 Å². The molecule has 0 N–H and O–H groups in total. The highest BCUT2D eigenvalue weighted by atomic mass is 16.5. The molecule has 3 aromatic carbocycles. The molecule has 1 saturated heterocycles. The first-order chi connectivity index (χ1) is 17.1. The Morgan fingerprint density at radius 2 is 1.60 bits per heavy atom. The third kappa shape index (κ3) is 3.26. The smallest absolute Gasteiger partial charge is 0.186 e. The van der Waals surface area contributed by atoms with Gasteiger partial charge in [-0.3, -0.25) is 4.79 Å². The van der Waals surface area contributed by atoms with Crippen molar-refractivity contribution in [3.8, 4) is 23.6 Å². The topological polar surface area (TPSA) is 86.3 Å². The van der Waals surface area contributed by atoms with Crippen LogP contribution in [0.5, 0.6) is 11.5 Å². The molecule has 1 fully saturated rings. The molecule has 6 heteroatoms. The molecule has 0 aromatic heterocycles. The van der Waals surface area contributed by atoms with Gasteiger partial charge >= 0.3 is 0 Å². The largest absolute Gasteiger partial charge is 0.493 e. The van der Waals surface area contributed by atoms with Gasteiger partial charge in [0.2, 0.25) is 0 Å². The van der Waals surface area contributed by atoms with Crippen LogP contribution in [0, 0.1) is 28.1 Å². The lowest BCUT2D eigenvalue weighted by Gasteiger charge is -2.34. The number of fused-ring (bicyclic) bond motifs is 3. The minimum Gasteiger partial charge on any atom is -0.493 e. The molecule has 2 aliphatic heterocycles. The van der Waals surface area contributed by atoms with E-state index in [1.54, 1.807) is 18.2 Å². The number of benzene rings is 3. The first kappa shape index (κ1) is 22.3. The molecular formula is C29H23N3O3. The zero-order valence-electron chi connectivity index (χ0n) is 19.4. The molecule has 3 atom stereocenters. The molecule has 0 amide bonds. The normalized spacial score (nSPS) is 21.3. The second-order valence-corrected chi connectivity index (χ2v) is 8.65. The highest BCUT2D eigenvalue weighted by Gasteiger charge is 2.63. The first-order valence-corrected chi connectivity index (χ1v) is 11.3. The third-order valence-corrected chi connectivity index (χ3v) is 7.04. The van der Waals surface area contributed by atoms with Crippen LogP contribution >= 0.6 is 0 Å². The molecule has 2 heterocycles. The van der Waals surface area contributed by atoms with Crippen molar-refractivity contribution in [1.82, 2.24) is 4.90 Å². The third-order valence-electron chi connectivity index (χ3n) is 7.04. The van der Waals surface area contributed by atoms with E-state index in [0.29, 0.717) is 17.1 Å². The fraction of sp³-hybridized carbons (Fsp3) is 0.207. The van der Waals surface area contributed by atoms with Crippen LogP contribution in [0.3, 0.4) is 0 Å². The van der Waals surface area contributed by atoms with Crippen LogP contribution in [0.2, 0.25) is 0 Å². The summed E-state index contributed by atoms with van der Waals surface area (Å²) in [7, 11) is 3.06. The predicted octanol–water partition coefficient (Wildman–Crippen LogP) is 5.11. The van der Waals surface area contributed by atoms with E-state index >= 15 is 0 Å². The molecule has 2 aliphatic rings. The molecule has 0 radical (unpaired) electrons. The fourth-order valence-corrected chi connectivity index (χ4v) is 5.49. The van der Waals surface area contributed by atoms with Gasteiger partial charge in [0.15, 0.2) is 22.7 Å². The molecule has 0 saturated carbocycles. The zero-order chi connectivity index (χ0) is 24.6. The lowest BCUT2D eigenvalue weighted by molar-refractivity contribution is 0.0874. The Morgan fingerprint density at radius 3 is 2.29 bits per heavy atom. The number of nitriles is 2. The summed E-state index contributed by atoms with van der Waals surface area (Å²) in [5, 5.41) is 21.1. The Bertz CT molecular complexity index is 1390. The molecule has 35 heavy (non-hydrogen) atoms. The lowest BCUT2D eigenvalue weighted by atomic mass is 9.67. The van der Waals surface area contributed by atoms with Crippen molar-refractivity contribution in [2.24, 2.45) is 5.41 Å². The van der Waals surface area contributed by atoms with Crippen LogP contribution in [0.1, 0.15) is 39.0 Å². The molecule has 172 valence electrons. The van der Waals surface area contributed by atoms with Gasteiger partial charge in [0, 0.05) is 17.7 Å². The predicted molar refractivity (Wildman–Crippen MR) is 131 cm³/mol. The number of nitrogens with zero attached hydrogens (tertiary/aromatic N) is 3. The second kappa shape index (κ2) is 8.66. The van der Waals surface area contributed by atoms with Crippen molar-refractivity contribution < 1.29 is 14.3 Å². The van der Waals surface area contributed by atoms with Gasteiger partial charge in [-0.05, 0) is 41.0 Å². The summed E-state index contributed by atoms with van der Waals surface area (Å²) in [5.41, 5.74) is 1.51. The Morgan fingerprint density at radius 1 is 0.914 bits per heavy atom. The number of carbonyl (C=O) groups is 1. The summed E-state index contributed by atoms with van der Waals surface area (Å²) in [6.45, 7) is 0. The van der Waals surface area contributed by atoms with E-state index < -0.39 is 23.4 Å². The van der Waals surface area contributed by atoms with Gasteiger partial charge in [0.05, 0.1) is 32.4 Å². The van der Waals surface area contributed by atoms with E-state index in [1.807, 2.05) is 71.8 Å². The second-order valence-electron chi connectivity index (χ2n) is 8.65. The van der Waals surface area contributed by atoms with Crippen molar-refractivity contribution >= 4 is 11.9 Å². The standard InChI is InChI=1S/C29H23N3O3/c1-34-23-13-12-21(16-24(23)35-2)27(33)26-25(20-9-4-3-5-10-20)29(17-30,18-31)28-22-11-7-6-8-19(22)14-15-32(26)28/h3-16,25-26,28H,1-2H3/t25-,26+,28+/m1/s1. The average Bonchev–Trinajstić information content (AvgIpc) is 3.23. The van der Waals surface area contributed by atoms with Crippen molar-refractivity contribution in [2.75, 3.05) is 14.2 Å². The highest BCUT2D eigenvalue weighted by Crippen LogP contribution is 2.60. The van der Waals surface area contributed by atoms with E-state index in [2.05, 4.69) is 12.1 Å². The average molecular weight is 462 g/mol. The minimum absolute atomic E-state index is 0.193. The molecule has 0 aliphatic carbocycles. The monoisotopic (exact) mass is 461 g/mol. The van der Waals surface area contributed by atoms with E-state index in [0.717, 1.165) is 16.7 Å². The van der Waals surface area contributed by atoms with Crippen LogP contribution in [0.25, 0.3) is 6.08 Å². The van der Waals surface area contributed by atoms with Crippen molar-refractivity contribution in [1.29, 1.82) is 10.5 Å². The summed E-state index contributed by atoms with van der Waals surface area (Å²) < 4.78 is 10.8. The van der Waals surface area contributed by atoms with Gasteiger partial charge < -0.3 is 14.4 Å². The van der Waals surface area contributed by atoms with Crippen LogP contribution in [-0.2, 0) is 0 Å². The maximum absolute atomic E-state index is 14.2. The summed E-state index contributed by atoms with van der Waals surface area (Å²) in [5.74, 6) is 0.0833. The Hall–Kier alpha value is -4.55. The molecule has 0 unspecified atom stereocenters. The number of hydrogen-bond acceptors (Lipinski definition) is 6. The number of methoxy groups -OCH3 is 2. The highest BCUT2D eigenvalue weighted by molar-refractivity contribution is 6.02. The maximum atomic E-state index is 14.2. The van der Waals surface area contributed by atoms with Crippen molar-refractivity contribution in [3.63, 3.8) is 0 Å². The van der Waals surface area contributed by atoms with Crippen LogP contribution in [0.4, 0.5) is 0 Å². The van der Waals surface area contributed by atoms with Gasteiger partial charge in [-0.1, -0.05) is 54.6 Å². The molecular weight excluding hydrogens is 438 g/mol. The van der Waals surface area contributed by atoms with Crippen molar-refractivity contribution in [2.45, 2.75) is 18.0 Å². The van der Waals surface area contributed by atoms with Gasteiger partial charge in [0.1, 0.15) is 6.04 Å². The maximum Gasteiger partial charge on any atom is 0.186 e. The Balaban J connectivity index is 1.74. The lowest BCUT2D eigenvalue weighted by Crippen LogP contribution is -2.37. The van der Waals surface area contributed by atoms with Crippen LogP contribution in [-0.4, -0.2) is 30.9 Å². The SMILES string of the molecule is COc1ccc(C(=O)[C@@H]2[C@@H](c3ccccc3)C(C#N)(C#N)[C@@H]3c4ccccc4C=CN23)cc1OC. The number of carbonyl (C=O) groups excluding carboxylic acids is 1. The van der Waals surface area contributed by atoms with E-state index in [1.165, 1.54) is 14.2 Å². The number of ketones is 1. The fourth-order valence-electron chi connectivity index (χ4n) is 5.49. The molecule has 6 nitrogen and oxygen atoms in total. The Kier molecular flexibility index (Phi) is 5.51. The summed E-state index contributed by atoms with van der Waals surface area (Å²) in [6.07, 6.45) is 3.79. The van der Waals surface area contributed by atoms with Gasteiger partial charge in [-0.25, -0.2) is 0 Å². The summed E-state index contributed by atoms with van der Waals surface area (Å²) in [4.78, 5) is 16.1. The molecule has 0 bridgehead atoms.